The van der Waals surface area contributed by atoms with Gasteiger partial charge in [0.2, 0.25) is 0 Å². The Balaban J connectivity index is 0.000000537. The highest BCUT2D eigenvalue weighted by Gasteiger charge is 2.23. The van der Waals surface area contributed by atoms with Crippen molar-refractivity contribution in [3.8, 4) is 34.1 Å². The smallest absolute Gasteiger partial charge is 0.496 e. The van der Waals surface area contributed by atoms with E-state index in [0.29, 0.717) is 0 Å². The quantitative estimate of drug-likeness (QED) is 0.269. The lowest BCUT2D eigenvalue weighted by atomic mass is 10.1. The molecule has 3 aromatic rings. The number of methoxy groups -OCH3 is 2. The Morgan fingerprint density at radius 3 is 1.41 bits per heavy atom. The van der Waals surface area contributed by atoms with Crippen molar-refractivity contribution in [1.29, 1.82) is 0 Å². The van der Waals surface area contributed by atoms with Crippen molar-refractivity contribution in [2.75, 3.05) is 14.2 Å². The van der Waals surface area contributed by atoms with Crippen molar-refractivity contribution in [2.45, 2.75) is 13.8 Å². The molecule has 29 heavy (non-hydrogen) atoms. The van der Waals surface area contributed by atoms with Crippen LogP contribution in [0.5, 0.6) is 11.5 Å². The van der Waals surface area contributed by atoms with Gasteiger partial charge in [-0.25, -0.2) is 4.42 Å². The Morgan fingerprint density at radius 2 is 1.07 bits per heavy atom. The van der Waals surface area contributed by atoms with Crippen LogP contribution in [0.15, 0.2) is 59.0 Å². The van der Waals surface area contributed by atoms with E-state index >= 15 is 0 Å². The lowest BCUT2D eigenvalue weighted by Gasteiger charge is -2.06. The van der Waals surface area contributed by atoms with Crippen LogP contribution in [0.3, 0.4) is 0 Å². The minimum absolute atomic E-state index is 0.761. The summed E-state index contributed by atoms with van der Waals surface area (Å²) in [6.07, 6.45) is 0. The van der Waals surface area contributed by atoms with Crippen LogP contribution in [-0.2, 0) is 0 Å². The lowest BCUT2D eigenvalue weighted by molar-refractivity contribution is 0.368. The van der Waals surface area contributed by atoms with Crippen molar-refractivity contribution >= 4 is 7.25 Å². The molecule has 3 nitrogen and oxygen atoms in total. The Hall–Kier alpha value is -3.03. The molecule has 0 saturated carbocycles. The molecule has 0 N–H and O–H groups in total. The van der Waals surface area contributed by atoms with E-state index in [4.69, 9.17) is 13.9 Å². The van der Waals surface area contributed by atoms with E-state index in [0.717, 1.165) is 45.3 Å². The van der Waals surface area contributed by atoms with E-state index in [2.05, 4.69) is 26.0 Å². The van der Waals surface area contributed by atoms with Gasteiger partial charge in [-0.05, 0) is 55.3 Å². The fourth-order valence-electron chi connectivity index (χ4n) is 2.73. The molecule has 1 heterocycles. The van der Waals surface area contributed by atoms with Crippen molar-refractivity contribution in [3.63, 3.8) is 0 Å². The molecule has 0 atom stereocenters. The van der Waals surface area contributed by atoms with Gasteiger partial charge in [-0.1, -0.05) is 12.1 Å². The fourth-order valence-corrected chi connectivity index (χ4v) is 2.73. The first-order valence-electron chi connectivity index (χ1n) is 8.73. The van der Waals surface area contributed by atoms with Crippen molar-refractivity contribution in [3.05, 3.63) is 65.7 Å². The van der Waals surface area contributed by atoms with Gasteiger partial charge in [0.1, 0.15) is 22.6 Å². The van der Waals surface area contributed by atoms with Crippen LogP contribution in [-0.4, -0.2) is 21.5 Å². The summed E-state index contributed by atoms with van der Waals surface area (Å²) in [5.41, 5.74) is 4.18. The highest BCUT2D eigenvalue weighted by molar-refractivity contribution is 6.50. The standard InChI is InChI=1S/C21H21O3.BF4/c1-14-8-10-18(22-3)16(12-14)20-6-5-7-21(24-20)17-13-15(2)9-11-19(17)23-4;2-1(3,4)5/h5-13H,1-4H3;/q+1;-1. The largest absolute Gasteiger partial charge is 0.673 e. The number of hydrogen-bond donors (Lipinski definition) is 0. The SMILES string of the molecule is COc1ccc(C)cc1-c1cccc(-c2cc(C)ccc2OC)[o+]1.F[B-](F)(F)F. The molecule has 1 aromatic heterocycles. The van der Waals surface area contributed by atoms with Gasteiger partial charge < -0.3 is 26.7 Å². The van der Waals surface area contributed by atoms with Crippen LogP contribution in [0.2, 0.25) is 0 Å². The lowest BCUT2D eigenvalue weighted by Crippen LogP contribution is -2.02. The summed E-state index contributed by atoms with van der Waals surface area (Å²) in [5, 5.41) is 0. The maximum atomic E-state index is 9.75. The Bertz CT molecular complexity index is 900. The topological polar surface area (TPSA) is 29.8 Å². The molecule has 0 aliphatic heterocycles. The second-order valence-electron chi connectivity index (χ2n) is 6.26. The number of benzene rings is 2. The van der Waals surface area contributed by atoms with E-state index in [1.165, 1.54) is 0 Å². The van der Waals surface area contributed by atoms with Gasteiger partial charge in [0.25, 0.3) is 0 Å². The molecule has 0 aliphatic carbocycles. The number of ether oxygens (including phenoxy) is 2. The molecule has 0 saturated heterocycles. The third-order valence-corrected chi connectivity index (χ3v) is 3.96. The highest BCUT2D eigenvalue weighted by atomic mass is 19.5. The molecule has 154 valence electrons. The molecule has 0 bridgehead atoms. The molecule has 0 aliphatic rings. The van der Waals surface area contributed by atoms with Crippen LogP contribution in [0.1, 0.15) is 11.1 Å². The number of halogens is 4. The molecule has 0 radical (unpaired) electrons. The van der Waals surface area contributed by atoms with E-state index in [9.17, 15) is 17.3 Å². The van der Waals surface area contributed by atoms with Gasteiger partial charge in [-0.3, -0.25) is 0 Å². The summed E-state index contributed by atoms with van der Waals surface area (Å²) in [6.45, 7) is 4.10. The van der Waals surface area contributed by atoms with Gasteiger partial charge in [0.15, 0.2) is 0 Å². The van der Waals surface area contributed by atoms with Crippen LogP contribution in [0, 0.1) is 13.8 Å². The second-order valence-corrected chi connectivity index (χ2v) is 6.26. The van der Waals surface area contributed by atoms with Gasteiger partial charge in [-0.2, -0.15) is 0 Å². The number of hydrogen-bond acceptors (Lipinski definition) is 2. The fraction of sp³-hybridized carbons (Fsp3) is 0.190. The van der Waals surface area contributed by atoms with Crippen LogP contribution >= 0.6 is 0 Å². The van der Waals surface area contributed by atoms with E-state index in [-0.39, 0.29) is 0 Å². The third kappa shape index (κ3) is 6.52. The summed E-state index contributed by atoms with van der Waals surface area (Å²) in [7, 11) is -2.66. The van der Waals surface area contributed by atoms with Crippen molar-refractivity contribution < 1.29 is 31.2 Å². The predicted octanol–water partition coefficient (Wildman–Crippen LogP) is 6.83. The summed E-state index contributed by atoms with van der Waals surface area (Å²) < 4.78 is 56.1. The summed E-state index contributed by atoms with van der Waals surface area (Å²) in [4.78, 5) is 0. The Kier molecular flexibility index (Phi) is 7.26. The van der Waals surface area contributed by atoms with Crippen LogP contribution in [0.25, 0.3) is 22.6 Å². The van der Waals surface area contributed by atoms with E-state index in [1.807, 2.05) is 42.5 Å². The summed E-state index contributed by atoms with van der Waals surface area (Å²) in [6, 6.07) is 18.0. The number of aryl methyl sites for hydroxylation is 2. The van der Waals surface area contributed by atoms with E-state index < -0.39 is 7.25 Å². The average Bonchev–Trinajstić information content (AvgIpc) is 2.66. The first kappa shape index (κ1) is 22.3. The van der Waals surface area contributed by atoms with E-state index in [1.54, 1.807) is 14.2 Å². The molecular formula is C21H21BF4O3. The normalized spacial score (nSPS) is 10.8. The molecule has 0 unspecified atom stereocenters. The molecule has 0 fully saturated rings. The summed E-state index contributed by atoms with van der Waals surface area (Å²) >= 11 is 0. The predicted molar refractivity (Wildman–Crippen MR) is 107 cm³/mol. The highest BCUT2D eigenvalue weighted by Crippen LogP contribution is 2.36. The molecule has 0 spiro atoms. The molecule has 2 aromatic carbocycles. The first-order chi connectivity index (χ1) is 13.6. The maximum Gasteiger partial charge on any atom is 0.673 e. The van der Waals surface area contributed by atoms with Gasteiger partial charge in [-0.15, -0.1) is 0 Å². The van der Waals surface area contributed by atoms with Crippen molar-refractivity contribution in [1.82, 2.24) is 0 Å². The third-order valence-electron chi connectivity index (χ3n) is 3.96. The maximum absolute atomic E-state index is 9.75. The zero-order valence-electron chi connectivity index (χ0n) is 16.5. The number of rotatable bonds is 4. The average molecular weight is 408 g/mol. The van der Waals surface area contributed by atoms with Gasteiger partial charge in [0.05, 0.1) is 14.2 Å². The summed E-state index contributed by atoms with van der Waals surface area (Å²) in [5.74, 6) is 3.10. The van der Waals surface area contributed by atoms with Crippen molar-refractivity contribution in [2.24, 2.45) is 0 Å². The Labute approximate surface area is 167 Å². The molecular weight excluding hydrogens is 387 g/mol. The zero-order chi connectivity index (χ0) is 21.6. The first-order valence-corrected chi connectivity index (χ1v) is 8.73. The Morgan fingerprint density at radius 1 is 0.690 bits per heavy atom. The van der Waals surface area contributed by atoms with Gasteiger partial charge in [0, 0.05) is 12.1 Å². The van der Waals surface area contributed by atoms with Gasteiger partial charge >= 0.3 is 18.8 Å². The molecule has 0 amide bonds. The monoisotopic (exact) mass is 408 g/mol. The second kappa shape index (κ2) is 9.45. The zero-order valence-corrected chi connectivity index (χ0v) is 16.5. The van der Waals surface area contributed by atoms with Crippen LogP contribution in [0.4, 0.5) is 17.3 Å². The molecule has 8 heteroatoms. The minimum Gasteiger partial charge on any atom is -0.496 e. The minimum atomic E-state index is -6.00. The molecule has 3 rings (SSSR count). The van der Waals surface area contributed by atoms with Crippen LogP contribution < -0.4 is 9.47 Å².